The first-order valence-corrected chi connectivity index (χ1v) is 23.4. The molecule has 0 aliphatic heterocycles. The molecule has 0 bridgehead atoms. The number of pyridine rings is 4. The molecule has 0 atom stereocenters. The first kappa shape index (κ1) is 63.0. The Hall–Kier alpha value is -5.88. The number of benzene rings is 4. The van der Waals surface area contributed by atoms with E-state index in [0.717, 1.165) is 33.0 Å². The van der Waals surface area contributed by atoms with E-state index in [2.05, 4.69) is 51.5 Å². The fourth-order valence-corrected chi connectivity index (χ4v) is 8.85. The molecule has 0 aliphatic rings. The molecule has 22 heteroatoms. The fourth-order valence-electron chi connectivity index (χ4n) is 8.37. The quantitative estimate of drug-likeness (QED) is 0.0511. The van der Waals surface area contributed by atoms with Gasteiger partial charge in [-0.2, -0.15) is 5.26 Å². The zero-order chi connectivity index (χ0) is 53.3. The first-order chi connectivity index (χ1) is 36.1. The Morgan fingerprint density at radius 2 is 1.17 bits per heavy atom. The van der Waals surface area contributed by atoms with Crippen LogP contribution in [0.3, 0.4) is 0 Å². The van der Waals surface area contributed by atoms with Crippen molar-refractivity contribution in [1.82, 2.24) is 40.5 Å². The molecule has 0 saturated carbocycles. The van der Waals surface area contributed by atoms with Crippen molar-refractivity contribution in [3.05, 3.63) is 211 Å². The van der Waals surface area contributed by atoms with Gasteiger partial charge in [-0.25, -0.2) is 8.78 Å². The fraction of sp³-hybridized carbons (Fsp3) is 0.125. The second kappa shape index (κ2) is 28.8. The Balaban J connectivity index is 0.000000304. The largest absolute Gasteiger partial charge is 1.00 e. The minimum atomic E-state index is -0.564. The molecule has 3 amide bonds. The Morgan fingerprint density at radius 1 is 0.718 bits per heavy atom. The van der Waals surface area contributed by atoms with Crippen LogP contribution in [0, 0.1) is 36.8 Å². The number of aromatic nitrogens is 6. The number of fused-ring (bicyclic) bond motifs is 4. The maximum Gasteiger partial charge on any atom is 1.00 e. The van der Waals surface area contributed by atoms with Crippen molar-refractivity contribution < 1.29 is 142 Å². The van der Waals surface area contributed by atoms with Crippen LogP contribution in [0.4, 0.5) is 8.78 Å². The molecular weight excluding hydrogens is 1100 g/mol. The van der Waals surface area contributed by atoms with Crippen LogP contribution in [0.15, 0.2) is 122 Å². The van der Waals surface area contributed by atoms with Crippen LogP contribution in [-0.2, 0) is 35.6 Å². The van der Waals surface area contributed by atoms with Crippen molar-refractivity contribution in [1.29, 1.82) is 5.26 Å². The Morgan fingerprint density at radius 3 is 1.62 bits per heavy atom. The van der Waals surface area contributed by atoms with Crippen LogP contribution in [0.1, 0.15) is 90.3 Å². The standard InChI is InChI=1S/C27H21ClFN5O2.C27H19ClFN5O.CH2O3.CH4.2K.H/c1-14-6-18-7-15(9-20(26(30)35)25(18)33-11-14)8-19-10-16(4-5-31-19)27(36)34-12-17-2-3-22-23(24(17)29)21(28)13-32-22;1-15-6-19-7-16(8-20(11-30)26(19)33-12-15)9-21-10-17(4-5-31-21)27(35)34-13-18-2-3-23-24(25(18)29)22(28)14-32-23;2-1-4-3;;;;/h2-7,9-11,13,32H,8,12H2,1H3,(H2,30,35)(H,34,36);2-8,10,12,14,32H,9,13H2,1H3,(H,34,35);1,3H;1H4;;;/q;;;;2*+1;-1/p-1. The zero-order valence-corrected chi connectivity index (χ0v) is 49.5. The minimum Gasteiger partial charge on any atom is -1.00 e. The number of nitriles is 1. The number of aryl methyl sites for hydroxylation is 2. The van der Waals surface area contributed by atoms with Gasteiger partial charge >= 0.3 is 103 Å². The van der Waals surface area contributed by atoms with Crippen LogP contribution in [-0.4, -0.2) is 54.1 Å². The summed E-state index contributed by atoms with van der Waals surface area (Å²) in [6, 6.07) is 26.8. The topological polar surface area (TPSA) is 258 Å². The molecule has 10 aromatic rings. The number of H-pyrrole nitrogens is 2. The number of primary amides is 1. The molecule has 386 valence electrons. The summed E-state index contributed by atoms with van der Waals surface area (Å²) < 4.78 is 29.7. The van der Waals surface area contributed by atoms with E-state index in [1.807, 2.05) is 38.1 Å². The molecular formula is C56H46Cl2F2K2N10O6. The van der Waals surface area contributed by atoms with Gasteiger partial charge in [-0.3, -0.25) is 39.1 Å². The molecule has 6 aromatic heterocycles. The molecule has 6 N–H and O–H groups in total. The molecule has 16 nitrogen and oxygen atoms in total. The van der Waals surface area contributed by atoms with Crippen molar-refractivity contribution in [2.24, 2.45) is 5.73 Å². The van der Waals surface area contributed by atoms with Crippen molar-refractivity contribution in [2.45, 2.75) is 47.2 Å². The average molecular weight is 1140 g/mol. The number of rotatable bonds is 12. The van der Waals surface area contributed by atoms with Crippen molar-refractivity contribution in [3.8, 4) is 6.07 Å². The minimum absolute atomic E-state index is 0. The number of hydrogen-bond acceptors (Lipinski definition) is 11. The summed E-state index contributed by atoms with van der Waals surface area (Å²) in [6.07, 6.45) is 10.4. The van der Waals surface area contributed by atoms with Gasteiger partial charge in [-0.05, 0) is 109 Å². The third-order valence-corrected chi connectivity index (χ3v) is 12.4. The summed E-state index contributed by atoms with van der Waals surface area (Å²) in [5.41, 5.74) is 15.2. The number of halogens is 4. The van der Waals surface area contributed by atoms with Gasteiger partial charge < -0.3 is 37.9 Å². The summed E-state index contributed by atoms with van der Waals surface area (Å²) in [5.74, 6) is -2.20. The summed E-state index contributed by atoms with van der Waals surface area (Å²) >= 11 is 12.1. The number of nitrogens with zero attached hydrogens (tertiary/aromatic N) is 5. The number of carbonyl (C=O) groups excluding carboxylic acids is 4. The van der Waals surface area contributed by atoms with Gasteiger partial charge in [0.15, 0.2) is 0 Å². The zero-order valence-electron chi connectivity index (χ0n) is 42.7. The molecule has 0 saturated heterocycles. The number of aromatic amines is 2. The van der Waals surface area contributed by atoms with E-state index in [4.69, 9.17) is 39.0 Å². The van der Waals surface area contributed by atoms with E-state index in [9.17, 15) is 28.4 Å². The number of nitrogens with one attached hydrogen (secondary N) is 4. The van der Waals surface area contributed by atoms with Gasteiger partial charge in [0.05, 0.1) is 43.0 Å². The SMILES string of the molecule is C.Cc1cnc2c(C#N)cc(Cc3cc(C(=O)NCc4ccc5[nH]cc(Cl)c5c4F)ccn3)cc2c1.Cc1cnc2c(C(N)=O)cc(Cc3cc(C(=O)NCc4ccc5[nH]cc(Cl)c5c4F)ccn3)cc2c1.O=CO[O-].[H-].[K+].[K+]. The summed E-state index contributed by atoms with van der Waals surface area (Å²) in [4.78, 5) is 72.1. The summed E-state index contributed by atoms with van der Waals surface area (Å²) in [6.45, 7) is 3.70. The monoisotopic (exact) mass is 1140 g/mol. The second-order valence-corrected chi connectivity index (χ2v) is 17.9. The maximum absolute atomic E-state index is 14.8. The Labute approximate surface area is 542 Å². The molecule has 6 heterocycles. The molecule has 0 unspecified atom stereocenters. The summed E-state index contributed by atoms with van der Waals surface area (Å²) in [5, 5.41) is 26.4. The third-order valence-electron chi connectivity index (χ3n) is 11.8. The number of carbonyl (C=O) groups is 4. The van der Waals surface area contributed by atoms with Gasteiger partial charge in [-0.15, -0.1) is 0 Å². The normalized spacial score (nSPS) is 10.4. The molecule has 0 fully saturated rings. The first-order valence-electron chi connectivity index (χ1n) is 22.7. The second-order valence-electron chi connectivity index (χ2n) is 17.1. The Kier molecular flexibility index (Phi) is 23.3. The number of nitrogens with two attached hydrogens (primary N) is 1. The van der Waals surface area contributed by atoms with Crippen molar-refractivity contribution >= 4 is 91.0 Å². The van der Waals surface area contributed by atoms with Gasteiger partial charge in [0.1, 0.15) is 17.7 Å². The van der Waals surface area contributed by atoms with Crippen molar-refractivity contribution in [3.63, 3.8) is 0 Å². The van der Waals surface area contributed by atoms with Gasteiger partial charge in [-0.1, -0.05) is 42.8 Å². The van der Waals surface area contributed by atoms with E-state index < -0.39 is 17.5 Å². The molecule has 78 heavy (non-hydrogen) atoms. The predicted octanol–water partition coefficient (Wildman–Crippen LogP) is 3.63. The van der Waals surface area contributed by atoms with Crippen LogP contribution in [0.5, 0.6) is 0 Å². The van der Waals surface area contributed by atoms with Gasteiger partial charge in [0.2, 0.25) is 0 Å². The molecule has 10 rings (SSSR count). The van der Waals surface area contributed by atoms with Crippen LogP contribution >= 0.6 is 23.2 Å². The summed E-state index contributed by atoms with van der Waals surface area (Å²) in [7, 11) is 0. The van der Waals surface area contributed by atoms with E-state index >= 15 is 0 Å². The van der Waals surface area contributed by atoms with E-state index in [1.165, 1.54) is 18.6 Å². The molecule has 0 radical (unpaired) electrons. The Bertz CT molecular complexity index is 3920. The van der Waals surface area contributed by atoms with Crippen LogP contribution in [0.2, 0.25) is 10.0 Å². The van der Waals surface area contributed by atoms with Crippen LogP contribution in [0.25, 0.3) is 43.6 Å². The molecule has 4 aromatic carbocycles. The average Bonchev–Trinajstić information content (AvgIpc) is 3.99. The van der Waals surface area contributed by atoms with Crippen LogP contribution < -0.4 is 124 Å². The van der Waals surface area contributed by atoms with E-state index in [-0.39, 0.29) is 148 Å². The third kappa shape index (κ3) is 15.1. The number of hydrogen-bond donors (Lipinski definition) is 5. The van der Waals surface area contributed by atoms with Gasteiger partial charge in [0, 0.05) is 119 Å². The number of amides is 3. The maximum atomic E-state index is 14.8. The molecule has 0 aliphatic carbocycles. The smallest absolute Gasteiger partial charge is 1.00 e. The predicted molar refractivity (Wildman–Crippen MR) is 284 cm³/mol. The van der Waals surface area contributed by atoms with Crippen molar-refractivity contribution in [2.75, 3.05) is 0 Å². The van der Waals surface area contributed by atoms with E-state index in [1.54, 1.807) is 79.3 Å². The van der Waals surface area contributed by atoms with E-state index in [0.29, 0.717) is 95.5 Å². The molecule has 0 spiro atoms. The van der Waals surface area contributed by atoms with Gasteiger partial charge in [0.25, 0.3) is 24.2 Å².